The summed E-state index contributed by atoms with van der Waals surface area (Å²) in [6, 6.07) is 0. The Bertz CT molecular complexity index is 1800. The monoisotopic (exact) mass is 642 g/mol. The zero-order valence-electron chi connectivity index (χ0n) is 23.0. The highest BCUT2D eigenvalue weighted by Gasteiger charge is 2.55. The van der Waals surface area contributed by atoms with Gasteiger partial charge in [0.15, 0.2) is 41.3 Å². The van der Waals surface area contributed by atoms with Crippen LogP contribution in [0, 0.1) is 0 Å². The molecule has 0 spiro atoms. The zero-order valence-corrected chi connectivity index (χ0v) is 23.9. The number of nitrogens with two attached hydrogens (primary N) is 2. The van der Waals surface area contributed by atoms with E-state index in [1.807, 2.05) is 0 Å². The molecule has 6 heterocycles. The van der Waals surface area contributed by atoms with E-state index in [2.05, 4.69) is 29.9 Å². The number of fused-ring (bicyclic) bond motifs is 2. The Kier molecular flexibility index (Phi) is 7.63. The van der Waals surface area contributed by atoms with Crippen LogP contribution >= 0.6 is 7.82 Å². The Labute approximate surface area is 245 Å². The minimum atomic E-state index is -5.15. The number of hydrogen-bond acceptors (Lipinski definition) is 16. The number of nitrogen functional groups attached to an aromatic ring is 2. The lowest BCUT2D eigenvalue weighted by Gasteiger charge is -2.29. The molecule has 2 saturated heterocycles. The van der Waals surface area contributed by atoms with E-state index in [1.54, 1.807) is 0 Å². The number of rotatable bonds is 9. The molecule has 0 bridgehead atoms. The van der Waals surface area contributed by atoms with Crippen molar-refractivity contribution in [2.24, 2.45) is 0 Å². The van der Waals surface area contributed by atoms with Gasteiger partial charge < -0.3 is 40.8 Å². The molecule has 2 unspecified atom stereocenters. The first-order chi connectivity index (χ1) is 20.9. The highest BCUT2D eigenvalue weighted by molar-refractivity contribution is 7.47. The summed E-state index contributed by atoms with van der Waals surface area (Å²) < 4.78 is 58.6. The Morgan fingerprint density at radius 1 is 1.14 bits per heavy atom. The number of H-pyrrole nitrogens is 1. The lowest BCUT2D eigenvalue weighted by Crippen LogP contribution is -2.44. The van der Waals surface area contributed by atoms with Gasteiger partial charge in [-0.3, -0.25) is 28.0 Å². The van der Waals surface area contributed by atoms with Crippen molar-refractivity contribution in [2.75, 3.05) is 31.8 Å². The summed E-state index contributed by atoms with van der Waals surface area (Å²) in [6.45, 7) is -0.144. The van der Waals surface area contributed by atoms with Gasteiger partial charge in [0.25, 0.3) is 5.56 Å². The standard InChI is InChI=1S/C22H28FN10O10P/c1-22(14(35)13(39-2)20(42-22)32-6-28-10-15(24)26-5-27-16(10)32)4-40-44(37,38)43-12-9(23)8(3-34)41-19(12)33-7-29-11-17(33)30-21(25)31-18(11)36/h5-9,12-14,19-20,34-35H,3-4H2,1-2H3,(H,37,38)(H2,24,26,27)(H3,25,30,31,36)/t8-,9+,12-,13-,14+,19-,20-,22?/m1/s1. The third kappa shape index (κ3) is 5.01. The number of phosphoric acid groups is 1. The summed E-state index contributed by atoms with van der Waals surface area (Å²) >= 11 is 0. The molecule has 0 aromatic carbocycles. The second-order valence-corrected chi connectivity index (χ2v) is 11.7. The van der Waals surface area contributed by atoms with E-state index in [-0.39, 0.29) is 34.1 Å². The van der Waals surface area contributed by atoms with Crippen LogP contribution in [0.1, 0.15) is 19.4 Å². The first kappa shape index (κ1) is 30.4. The molecular weight excluding hydrogens is 614 g/mol. The van der Waals surface area contributed by atoms with Crippen LogP contribution in [0.5, 0.6) is 0 Å². The van der Waals surface area contributed by atoms with Crippen LogP contribution in [-0.2, 0) is 27.8 Å². The van der Waals surface area contributed by atoms with E-state index in [4.69, 9.17) is 34.7 Å². The van der Waals surface area contributed by atoms with E-state index in [0.717, 1.165) is 10.9 Å². The molecule has 0 amide bonds. The highest BCUT2D eigenvalue weighted by Crippen LogP contribution is 2.51. The number of nitrogens with zero attached hydrogens (tertiary/aromatic N) is 7. The van der Waals surface area contributed by atoms with Crippen molar-refractivity contribution >= 4 is 41.9 Å². The maximum absolute atomic E-state index is 15.4. The molecule has 2 aliphatic rings. The van der Waals surface area contributed by atoms with E-state index in [9.17, 15) is 24.5 Å². The fraction of sp³-hybridized carbons (Fsp3) is 0.545. The Balaban J connectivity index is 1.23. The van der Waals surface area contributed by atoms with Gasteiger partial charge in [0.1, 0.15) is 41.9 Å². The maximum atomic E-state index is 15.4. The number of aromatic amines is 1. The van der Waals surface area contributed by atoms with E-state index in [0.29, 0.717) is 0 Å². The Morgan fingerprint density at radius 3 is 2.55 bits per heavy atom. The van der Waals surface area contributed by atoms with Crippen LogP contribution < -0.4 is 17.0 Å². The van der Waals surface area contributed by atoms with Gasteiger partial charge in [-0.25, -0.2) is 28.9 Å². The summed E-state index contributed by atoms with van der Waals surface area (Å²) in [5, 5.41) is 20.7. The van der Waals surface area contributed by atoms with Gasteiger partial charge in [0.2, 0.25) is 5.95 Å². The SMILES string of the molecule is CO[C@H]1[C@H](n2cnc3c(N)ncnc32)OC(C)(COP(=O)(O)O[C@@H]2[C@@H](F)[C@@H](CO)O[C@H]2n2cnc3c(=O)[nH]c(N)nc32)[C@H]1O. The van der Waals surface area contributed by atoms with E-state index >= 15 is 4.39 Å². The fourth-order valence-electron chi connectivity index (χ4n) is 5.25. The smallest absolute Gasteiger partial charge is 0.394 e. The van der Waals surface area contributed by atoms with Crippen LogP contribution in [0.2, 0.25) is 0 Å². The summed E-state index contributed by atoms with van der Waals surface area (Å²) in [6.07, 6.45) is -6.82. The van der Waals surface area contributed by atoms with Gasteiger partial charge in [0.05, 0.1) is 25.9 Å². The van der Waals surface area contributed by atoms with Crippen LogP contribution in [0.3, 0.4) is 0 Å². The number of hydrogen-bond donors (Lipinski definition) is 6. The van der Waals surface area contributed by atoms with Crippen LogP contribution in [-0.4, -0.2) is 111 Å². The number of anilines is 2. The predicted octanol–water partition coefficient (Wildman–Crippen LogP) is -1.48. The number of imidazole rings is 2. The number of aliphatic hydroxyl groups is 2. The molecular formula is C22H28FN10O10P. The summed E-state index contributed by atoms with van der Waals surface area (Å²) in [7, 11) is -3.82. The molecule has 8 N–H and O–H groups in total. The molecule has 22 heteroatoms. The number of aliphatic hydroxyl groups excluding tert-OH is 2. The maximum Gasteiger partial charge on any atom is 0.472 e. The topological polar surface area (TPSA) is 283 Å². The minimum Gasteiger partial charge on any atom is -0.394 e. The third-order valence-electron chi connectivity index (χ3n) is 7.48. The van der Waals surface area contributed by atoms with Gasteiger partial charge in [-0.15, -0.1) is 0 Å². The van der Waals surface area contributed by atoms with Gasteiger partial charge in [-0.1, -0.05) is 0 Å². The number of ether oxygens (including phenoxy) is 3. The lowest BCUT2D eigenvalue weighted by atomic mass is 9.98. The second-order valence-electron chi connectivity index (χ2n) is 10.3. The van der Waals surface area contributed by atoms with Crippen molar-refractivity contribution < 1.29 is 47.3 Å². The number of phosphoric ester groups is 1. The number of methoxy groups -OCH3 is 1. The van der Waals surface area contributed by atoms with Crippen molar-refractivity contribution in [2.45, 2.75) is 55.6 Å². The third-order valence-corrected chi connectivity index (χ3v) is 8.44. The average molecular weight is 642 g/mol. The van der Waals surface area contributed by atoms with Crippen LogP contribution in [0.15, 0.2) is 23.8 Å². The van der Waals surface area contributed by atoms with Crippen molar-refractivity contribution in [1.29, 1.82) is 0 Å². The number of nitrogens with one attached hydrogen (secondary N) is 1. The van der Waals surface area contributed by atoms with Gasteiger partial charge in [-0.2, -0.15) is 4.98 Å². The van der Waals surface area contributed by atoms with Gasteiger partial charge in [0, 0.05) is 7.11 Å². The molecule has 6 rings (SSSR count). The molecule has 2 fully saturated rings. The molecule has 0 aliphatic carbocycles. The Hall–Kier alpha value is -3.66. The molecule has 4 aromatic heterocycles. The minimum absolute atomic E-state index is 0.115. The fourth-order valence-corrected chi connectivity index (χ4v) is 6.26. The summed E-state index contributed by atoms with van der Waals surface area (Å²) in [5.74, 6) is -0.161. The Morgan fingerprint density at radius 2 is 1.84 bits per heavy atom. The van der Waals surface area contributed by atoms with Crippen molar-refractivity contribution in [3.8, 4) is 0 Å². The first-order valence-electron chi connectivity index (χ1n) is 13.0. The lowest BCUT2D eigenvalue weighted by molar-refractivity contribution is -0.117. The van der Waals surface area contributed by atoms with Crippen LogP contribution in [0.25, 0.3) is 22.3 Å². The van der Waals surface area contributed by atoms with Crippen LogP contribution in [0.4, 0.5) is 16.2 Å². The quantitative estimate of drug-likeness (QED) is 0.113. The molecule has 9 atom stereocenters. The molecule has 20 nitrogen and oxygen atoms in total. The highest BCUT2D eigenvalue weighted by atomic mass is 31.2. The molecule has 238 valence electrons. The number of halogens is 1. The number of alkyl halides is 1. The average Bonchev–Trinajstić information content (AvgIpc) is 3.72. The first-order valence-corrected chi connectivity index (χ1v) is 14.5. The number of aromatic nitrogens is 8. The molecule has 0 saturated carbocycles. The van der Waals surface area contributed by atoms with Gasteiger partial charge >= 0.3 is 7.82 Å². The predicted molar refractivity (Wildman–Crippen MR) is 144 cm³/mol. The van der Waals surface area contributed by atoms with Crippen molar-refractivity contribution in [3.63, 3.8) is 0 Å². The summed E-state index contributed by atoms with van der Waals surface area (Å²) in [4.78, 5) is 45.3. The normalized spacial score (nSPS) is 32.1. The van der Waals surface area contributed by atoms with Crippen molar-refractivity contribution in [1.82, 2.24) is 39.0 Å². The molecule has 2 aliphatic heterocycles. The second kappa shape index (κ2) is 11.1. The molecule has 4 aromatic rings. The van der Waals surface area contributed by atoms with E-state index in [1.165, 1.54) is 31.3 Å². The van der Waals surface area contributed by atoms with E-state index < -0.39 is 75.2 Å². The van der Waals surface area contributed by atoms with Crippen molar-refractivity contribution in [3.05, 3.63) is 29.3 Å². The molecule has 44 heavy (non-hydrogen) atoms. The zero-order chi connectivity index (χ0) is 31.6. The molecule has 0 radical (unpaired) electrons. The summed E-state index contributed by atoms with van der Waals surface area (Å²) in [5.41, 5.74) is 9.40. The largest absolute Gasteiger partial charge is 0.472 e. The van der Waals surface area contributed by atoms with Gasteiger partial charge in [-0.05, 0) is 6.92 Å².